The fourth-order valence-electron chi connectivity index (χ4n) is 4.00. The summed E-state index contributed by atoms with van der Waals surface area (Å²) >= 11 is 0. The predicted molar refractivity (Wildman–Crippen MR) is 98.8 cm³/mol. The molecule has 2 unspecified atom stereocenters. The first kappa shape index (κ1) is 15.0. The number of hydrogen-bond acceptors (Lipinski definition) is 1. The van der Waals surface area contributed by atoms with Crippen LogP contribution in [0.15, 0.2) is 78.9 Å². The van der Waals surface area contributed by atoms with Crippen LogP contribution >= 0.6 is 0 Å². The van der Waals surface area contributed by atoms with Crippen LogP contribution in [-0.2, 0) is 0 Å². The van der Waals surface area contributed by atoms with Gasteiger partial charge in [-0.3, -0.25) is 0 Å². The Hall–Kier alpha value is -2.54. The zero-order valence-electron chi connectivity index (χ0n) is 14.0. The van der Waals surface area contributed by atoms with E-state index < -0.39 is 0 Å². The summed E-state index contributed by atoms with van der Waals surface area (Å²) < 4.78 is 5.30. The van der Waals surface area contributed by atoms with Gasteiger partial charge in [0.25, 0.3) is 0 Å². The molecule has 1 aliphatic rings. The van der Waals surface area contributed by atoms with E-state index in [0.717, 1.165) is 5.75 Å². The first-order chi connectivity index (χ1) is 11.9. The monoisotopic (exact) mass is 314 g/mol. The molecule has 0 aromatic heterocycles. The molecule has 3 aromatic carbocycles. The lowest BCUT2D eigenvalue weighted by Crippen LogP contribution is -2.16. The van der Waals surface area contributed by atoms with Gasteiger partial charge in [0.05, 0.1) is 7.11 Å². The van der Waals surface area contributed by atoms with Crippen molar-refractivity contribution < 1.29 is 4.74 Å². The molecule has 0 saturated heterocycles. The molecule has 0 spiro atoms. The Labute approximate surface area is 143 Å². The van der Waals surface area contributed by atoms with E-state index in [-0.39, 0.29) is 0 Å². The van der Waals surface area contributed by atoms with Gasteiger partial charge in [-0.05, 0) is 47.2 Å². The second-order valence-corrected chi connectivity index (χ2v) is 6.50. The van der Waals surface area contributed by atoms with Gasteiger partial charge in [0.15, 0.2) is 0 Å². The number of hydrogen-bond donors (Lipinski definition) is 0. The second-order valence-electron chi connectivity index (χ2n) is 6.50. The smallest absolute Gasteiger partial charge is 0.118 e. The van der Waals surface area contributed by atoms with Crippen molar-refractivity contribution in [3.63, 3.8) is 0 Å². The summed E-state index contributed by atoms with van der Waals surface area (Å²) in [6.07, 6.45) is 2.38. The van der Waals surface area contributed by atoms with Gasteiger partial charge < -0.3 is 4.74 Å². The number of rotatable bonds is 3. The van der Waals surface area contributed by atoms with Crippen LogP contribution in [0.3, 0.4) is 0 Å². The van der Waals surface area contributed by atoms with Crippen molar-refractivity contribution in [2.75, 3.05) is 7.11 Å². The largest absolute Gasteiger partial charge is 0.497 e. The van der Waals surface area contributed by atoms with Crippen LogP contribution < -0.4 is 4.74 Å². The zero-order chi connectivity index (χ0) is 16.4. The molecule has 0 aliphatic heterocycles. The number of benzene rings is 3. The summed E-state index contributed by atoms with van der Waals surface area (Å²) in [6, 6.07) is 28.4. The van der Waals surface area contributed by atoms with E-state index >= 15 is 0 Å². The highest BCUT2D eigenvalue weighted by Crippen LogP contribution is 2.44. The SMILES string of the molecule is COc1ccc(C2CCC(c3ccccc3)c3ccccc32)cc1. The van der Waals surface area contributed by atoms with Gasteiger partial charge in [0, 0.05) is 11.8 Å². The first-order valence-electron chi connectivity index (χ1n) is 8.64. The maximum Gasteiger partial charge on any atom is 0.118 e. The molecule has 4 rings (SSSR count). The minimum atomic E-state index is 0.479. The van der Waals surface area contributed by atoms with Gasteiger partial charge in [0.1, 0.15) is 5.75 Å². The average molecular weight is 314 g/mol. The summed E-state index contributed by atoms with van der Waals surface area (Å²) in [6.45, 7) is 0. The van der Waals surface area contributed by atoms with E-state index in [1.165, 1.54) is 35.1 Å². The normalized spacial score (nSPS) is 19.5. The van der Waals surface area contributed by atoms with Gasteiger partial charge >= 0.3 is 0 Å². The molecule has 0 N–H and O–H groups in total. The molecule has 0 heterocycles. The molecular formula is C23H22O. The Kier molecular flexibility index (Phi) is 4.08. The molecule has 120 valence electrons. The van der Waals surface area contributed by atoms with Gasteiger partial charge in [-0.1, -0.05) is 66.7 Å². The lowest BCUT2D eigenvalue weighted by molar-refractivity contribution is 0.414. The van der Waals surface area contributed by atoms with Crippen molar-refractivity contribution in [3.8, 4) is 5.75 Å². The number of ether oxygens (including phenoxy) is 1. The molecule has 0 amide bonds. The Morgan fingerprint density at radius 3 is 1.67 bits per heavy atom. The molecule has 1 nitrogen and oxygen atoms in total. The molecule has 0 radical (unpaired) electrons. The fourth-order valence-corrected chi connectivity index (χ4v) is 4.00. The Morgan fingerprint density at radius 1 is 0.625 bits per heavy atom. The number of fused-ring (bicyclic) bond motifs is 1. The summed E-state index contributed by atoms with van der Waals surface area (Å²) in [5.74, 6) is 1.91. The van der Waals surface area contributed by atoms with Crippen molar-refractivity contribution in [1.29, 1.82) is 0 Å². The van der Waals surface area contributed by atoms with Gasteiger partial charge in [-0.25, -0.2) is 0 Å². The average Bonchev–Trinajstić information content (AvgIpc) is 2.68. The van der Waals surface area contributed by atoms with E-state index in [4.69, 9.17) is 4.74 Å². The highest BCUT2D eigenvalue weighted by atomic mass is 16.5. The maximum absolute atomic E-state index is 5.30. The first-order valence-corrected chi connectivity index (χ1v) is 8.64. The topological polar surface area (TPSA) is 9.23 Å². The predicted octanol–water partition coefficient (Wildman–Crippen LogP) is 5.75. The summed E-state index contributed by atoms with van der Waals surface area (Å²) in [4.78, 5) is 0. The minimum absolute atomic E-state index is 0.479. The molecule has 0 bridgehead atoms. The lowest BCUT2D eigenvalue weighted by atomic mass is 9.72. The van der Waals surface area contributed by atoms with Crippen LogP contribution in [0.25, 0.3) is 0 Å². The van der Waals surface area contributed by atoms with Crippen LogP contribution in [0.4, 0.5) is 0 Å². The van der Waals surface area contributed by atoms with E-state index in [2.05, 4.69) is 78.9 Å². The van der Waals surface area contributed by atoms with E-state index in [1.807, 2.05) is 0 Å². The quantitative estimate of drug-likeness (QED) is 0.598. The molecule has 0 fully saturated rings. The Morgan fingerprint density at radius 2 is 1.12 bits per heavy atom. The highest BCUT2D eigenvalue weighted by Gasteiger charge is 2.28. The summed E-state index contributed by atoms with van der Waals surface area (Å²) in [7, 11) is 1.72. The zero-order valence-corrected chi connectivity index (χ0v) is 14.0. The highest BCUT2D eigenvalue weighted by molar-refractivity contribution is 5.46. The lowest BCUT2D eigenvalue weighted by Gasteiger charge is -2.32. The third kappa shape index (κ3) is 2.71. The molecule has 0 saturated carbocycles. The van der Waals surface area contributed by atoms with E-state index in [9.17, 15) is 0 Å². The molecule has 2 atom stereocenters. The van der Waals surface area contributed by atoms with E-state index in [1.54, 1.807) is 7.11 Å². The van der Waals surface area contributed by atoms with E-state index in [0.29, 0.717) is 11.8 Å². The van der Waals surface area contributed by atoms with Crippen molar-refractivity contribution in [2.45, 2.75) is 24.7 Å². The van der Waals surface area contributed by atoms with Crippen molar-refractivity contribution in [3.05, 3.63) is 101 Å². The van der Waals surface area contributed by atoms with Gasteiger partial charge in [-0.15, -0.1) is 0 Å². The van der Waals surface area contributed by atoms with Crippen LogP contribution in [0.2, 0.25) is 0 Å². The van der Waals surface area contributed by atoms with Crippen LogP contribution in [0.5, 0.6) is 5.75 Å². The molecule has 1 aliphatic carbocycles. The fraction of sp³-hybridized carbons (Fsp3) is 0.217. The van der Waals surface area contributed by atoms with Gasteiger partial charge in [-0.2, -0.15) is 0 Å². The third-order valence-corrected chi connectivity index (χ3v) is 5.21. The molecule has 1 heteroatoms. The van der Waals surface area contributed by atoms with Crippen molar-refractivity contribution in [1.82, 2.24) is 0 Å². The number of methoxy groups -OCH3 is 1. The minimum Gasteiger partial charge on any atom is -0.497 e. The van der Waals surface area contributed by atoms with Crippen LogP contribution in [-0.4, -0.2) is 7.11 Å². The Balaban J connectivity index is 1.73. The standard InChI is InChI=1S/C23H22O/c1-24-19-13-11-18(12-14-19)21-16-15-20(17-7-3-2-4-8-17)22-9-5-6-10-23(21)22/h2-14,20-21H,15-16H2,1H3. The van der Waals surface area contributed by atoms with Crippen LogP contribution in [0, 0.1) is 0 Å². The van der Waals surface area contributed by atoms with Crippen LogP contribution in [0.1, 0.15) is 46.9 Å². The third-order valence-electron chi connectivity index (χ3n) is 5.21. The maximum atomic E-state index is 5.30. The summed E-state index contributed by atoms with van der Waals surface area (Å²) in [5, 5.41) is 0. The van der Waals surface area contributed by atoms with Crippen molar-refractivity contribution in [2.24, 2.45) is 0 Å². The Bertz CT molecular complexity index is 805. The summed E-state index contributed by atoms with van der Waals surface area (Å²) in [5.41, 5.74) is 5.77. The molecular weight excluding hydrogens is 292 g/mol. The molecule has 24 heavy (non-hydrogen) atoms. The second kappa shape index (κ2) is 6.52. The molecule has 3 aromatic rings. The van der Waals surface area contributed by atoms with Gasteiger partial charge in [0.2, 0.25) is 0 Å². The van der Waals surface area contributed by atoms with Crippen molar-refractivity contribution >= 4 is 0 Å².